The minimum atomic E-state index is -0.0930. The van der Waals surface area contributed by atoms with Gasteiger partial charge in [-0.15, -0.1) is 0 Å². The van der Waals surface area contributed by atoms with Gasteiger partial charge in [0, 0.05) is 6.54 Å². The largest absolute Gasteiger partial charge is 0.486 e. The molecule has 2 N–H and O–H groups in total. The molecule has 1 atom stereocenters. The maximum absolute atomic E-state index is 11.9. The highest BCUT2D eigenvalue weighted by Crippen LogP contribution is 2.39. The molecule has 2 aliphatic rings. The third kappa shape index (κ3) is 3.06. The van der Waals surface area contributed by atoms with Gasteiger partial charge in [-0.3, -0.25) is 0 Å². The van der Waals surface area contributed by atoms with Gasteiger partial charge in [0.25, 0.3) is 0 Å². The lowest BCUT2D eigenvalue weighted by Crippen LogP contribution is -2.39. The van der Waals surface area contributed by atoms with Gasteiger partial charge in [-0.05, 0) is 48.9 Å². The van der Waals surface area contributed by atoms with Crippen molar-refractivity contribution in [2.75, 3.05) is 19.8 Å². The first kappa shape index (κ1) is 14.0. The molecule has 114 valence electrons. The highest BCUT2D eigenvalue weighted by atomic mass is 16.6. The molecule has 3 rings (SSSR count). The van der Waals surface area contributed by atoms with Crippen molar-refractivity contribution in [1.29, 1.82) is 0 Å². The molecule has 0 bridgehead atoms. The van der Waals surface area contributed by atoms with Crippen LogP contribution in [0.1, 0.15) is 43.4 Å². The average Bonchev–Trinajstić information content (AvgIpc) is 2.51. The number of ether oxygens (including phenoxy) is 2. The predicted molar refractivity (Wildman–Crippen MR) is 79.9 cm³/mol. The zero-order chi connectivity index (χ0) is 14.7. The van der Waals surface area contributed by atoms with Crippen LogP contribution in [-0.2, 0) is 6.42 Å². The fourth-order valence-electron chi connectivity index (χ4n) is 2.94. The number of aryl methyl sites for hydroxylation is 1. The van der Waals surface area contributed by atoms with E-state index in [1.165, 1.54) is 5.56 Å². The van der Waals surface area contributed by atoms with Gasteiger partial charge >= 0.3 is 6.03 Å². The highest BCUT2D eigenvalue weighted by molar-refractivity contribution is 5.74. The lowest BCUT2D eigenvalue weighted by molar-refractivity contribution is 0.171. The molecule has 0 aromatic heterocycles. The number of urea groups is 1. The maximum Gasteiger partial charge on any atom is 0.315 e. The van der Waals surface area contributed by atoms with Gasteiger partial charge in [0.1, 0.15) is 13.2 Å². The molecular weight excluding hydrogens is 268 g/mol. The van der Waals surface area contributed by atoms with Crippen LogP contribution in [0.5, 0.6) is 11.5 Å². The fourth-order valence-corrected chi connectivity index (χ4v) is 2.94. The van der Waals surface area contributed by atoms with Crippen LogP contribution < -0.4 is 20.1 Å². The zero-order valence-corrected chi connectivity index (χ0v) is 12.4. The molecule has 0 fully saturated rings. The van der Waals surface area contributed by atoms with E-state index in [0.717, 1.165) is 42.7 Å². The number of carbonyl (C=O) groups is 1. The second-order valence-electron chi connectivity index (χ2n) is 5.54. The van der Waals surface area contributed by atoms with E-state index < -0.39 is 0 Å². The van der Waals surface area contributed by atoms with Crippen LogP contribution >= 0.6 is 0 Å². The van der Waals surface area contributed by atoms with Crippen LogP contribution in [0.3, 0.4) is 0 Å². The Morgan fingerprint density at radius 3 is 2.81 bits per heavy atom. The van der Waals surface area contributed by atoms with Crippen molar-refractivity contribution in [2.45, 2.75) is 38.6 Å². The predicted octanol–water partition coefficient (Wildman–Crippen LogP) is 2.54. The summed E-state index contributed by atoms with van der Waals surface area (Å²) in [5.41, 5.74) is 2.42. The van der Waals surface area contributed by atoms with Gasteiger partial charge in [0.2, 0.25) is 0 Å². The molecule has 0 radical (unpaired) electrons. The minimum absolute atomic E-state index is 0.0569. The Balaban J connectivity index is 1.79. The molecule has 21 heavy (non-hydrogen) atoms. The van der Waals surface area contributed by atoms with Gasteiger partial charge in [0.05, 0.1) is 6.04 Å². The van der Waals surface area contributed by atoms with Crippen LogP contribution in [0.15, 0.2) is 12.1 Å². The number of rotatable bonds is 3. The summed E-state index contributed by atoms with van der Waals surface area (Å²) in [6.45, 7) is 3.93. The number of hydrogen-bond acceptors (Lipinski definition) is 3. The normalized spacial score (nSPS) is 19.6. The molecular formula is C16H22N2O3. The summed E-state index contributed by atoms with van der Waals surface area (Å²) < 4.78 is 11.3. The van der Waals surface area contributed by atoms with Gasteiger partial charge in [-0.1, -0.05) is 6.92 Å². The molecule has 1 aromatic rings. The Kier molecular flexibility index (Phi) is 4.18. The van der Waals surface area contributed by atoms with Crippen molar-refractivity contribution in [3.63, 3.8) is 0 Å². The Bertz CT molecular complexity index is 530. The molecule has 1 aliphatic heterocycles. The molecule has 5 heteroatoms. The van der Waals surface area contributed by atoms with E-state index >= 15 is 0 Å². The van der Waals surface area contributed by atoms with E-state index in [-0.39, 0.29) is 12.1 Å². The molecule has 0 spiro atoms. The molecule has 1 aliphatic carbocycles. The number of amides is 2. The Morgan fingerprint density at radius 1 is 1.29 bits per heavy atom. The van der Waals surface area contributed by atoms with E-state index in [2.05, 4.69) is 16.7 Å². The lowest BCUT2D eigenvalue weighted by Gasteiger charge is -2.29. The molecule has 1 unspecified atom stereocenters. The Morgan fingerprint density at radius 2 is 2.05 bits per heavy atom. The topological polar surface area (TPSA) is 59.6 Å². The van der Waals surface area contributed by atoms with Crippen LogP contribution in [0.25, 0.3) is 0 Å². The molecule has 0 saturated carbocycles. The highest BCUT2D eigenvalue weighted by Gasteiger charge is 2.25. The summed E-state index contributed by atoms with van der Waals surface area (Å²) >= 11 is 0. The smallest absolute Gasteiger partial charge is 0.315 e. The first-order valence-corrected chi connectivity index (χ1v) is 7.74. The standard InChI is InChI=1S/C16H22N2O3/c1-2-6-17-16(19)18-13-5-3-4-11-9-14-15(10-12(11)13)21-8-7-20-14/h9-10,13H,2-8H2,1H3,(H2,17,18,19). The molecule has 0 saturated heterocycles. The molecule has 2 amide bonds. The van der Waals surface area contributed by atoms with Crippen molar-refractivity contribution in [3.05, 3.63) is 23.3 Å². The number of fused-ring (bicyclic) bond motifs is 2. The summed E-state index contributed by atoms with van der Waals surface area (Å²) in [7, 11) is 0. The minimum Gasteiger partial charge on any atom is -0.486 e. The summed E-state index contributed by atoms with van der Waals surface area (Å²) in [5, 5.41) is 5.94. The number of benzene rings is 1. The van der Waals surface area contributed by atoms with E-state index in [0.29, 0.717) is 19.8 Å². The lowest BCUT2D eigenvalue weighted by atomic mass is 9.87. The number of carbonyl (C=O) groups excluding carboxylic acids is 1. The summed E-state index contributed by atoms with van der Waals surface area (Å²) in [4.78, 5) is 11.9. The van der Waals surface area contributed by atoms with Crippen molar-refractivity contribution in [3.8, 4) is 11.5 Å². The monoisotopic (exact) mass is 290 g/mol. The van der Waals surface area contributed by atoms with Crippen molar-refractivity contribution in [2.24, 2.45) is 0 Å². The van der Waals surface area contributed by atoms with Crippen LogP contribution in [-0.4, -0.2) is 25.8 Å². The summed E-state index contributed by atoms with van der Waals surface area (Å²) in [5.74, 6) is 1.62. The fraction of sp³-hybridized carbons (Fsp3) is 0.562. The van der Waals surface area contributed by atoms with E-state index in [1.807, 2.05) is 13.0 Å². The Hall–Kier alpha value is -1.91. The Labute approximate surface area is 125 Å². The maximum atomic E-state index is 11.9. The summed E-state index contributed by atoms with van der Waals surface area (Å²) in [6, 6.07) is 4.07. The quantitative estimate of drug-likeness (QED) is 0.899. The van der Waals surface area contributed by atoms with Gasteiger partial charge in [0.15, 0.2) is 11.5 Å². The van der Waals surface area contributed by atoms with Crippen molar-refractivity contribution >= 4 is 6.03 Å². The van der Waals surface area contributed by atoms with E-state index in [1.54, 1.807) is 0 Å². The molecule has 1 aromatic carbocycles. The molecule has 1 heterocycles. The third-order valence-corrected chi connectivity index (χ3v) is 3.96. The van der Waals surface area contributed by atoms with Crippen LogP contribution in [0.2, 0.25) is 0 Å². The van der Waals surface area contributed by atoms with Crippen LogP contribution in [0.4, 0.5) is 4.79 Å². The number of hydrogen-bond donors (Lipinski definition) is 2. The van der Waals surface area contributed by atoms with E-state index in [4.69, 9.17) is 9.47 Å². The third-order valence-electron chi connectivity index (χ3n) is 3.96. The number of nitrogens with one attached hydrogen (secondary N) is 2. The van der Waals surface area contributed by atoms with Gasteiger partial charge < -0.3 is 20.1 Å². The van der Waals surface area contributed by atoms with Crippen molar-refractivity contribution in [1.82, 2.24) is 10.6 Å². The summed E-state index contributed by atoms with van der Waals surface area (Å²) in [6.07, 6.45) is 4.01. The average molecular weight is 290 g/mol. The second kappa shape index (κ2) is 6.24. The first-order chi connectivity index (χ1) is 10.3. The first-order valence-electron chi connectivity index (χ1n) is 7.74. The van der Waals surface area contributed by atoms with E-state index in [9.17, 15) is 4.79 Å². The van der Waals surface area contributed by atoms with Crippen molar-refractivity contribution < 1.29 is 14.3 Å². The van der Waals surface area contributed by atoms with Gasteiger partial charge in [-0.2, -0.15) is 0 Å². The SMILES string of the molecule is CCCNC(=O)NC1CCCc2cc3c(cc21)OCCO3. The van der Waals surface area contributed by atoms with Crippen LogP contribution in [0, 0.1) is 0 Å². The zero-order valence-electron chi connectivity index (χ0n) is 12.4. The second-order valence-corrected chi connectivity index (χ2v) is 5.54. The molecule has 5 nitrogen and oxygen atoms in total. The van der Waals surface area contributed by atoms with Gasteiger partial charge in [-0.25, -0.2) is 4.79 Å².